The Hall–Kier alpha value is -3.22. The molecule has 0 fully saturated rings. The summed E-state index contributed by atoms with van der Waals surface area (Å²) < 4.78 is 27.3. The van der Waals surface area contributed by atoms with E-state index in [2.05, 4.69) is 0 Å². The normalized spacial score (nSPS) is 12.6. The zero-order chi connectivity index (χ0) is 20.6. The van der Waals surface area contributed by atoms with Gasteiger partial charge >= 0.3 is 5.97 Å². The van der Waals surface area contributed by atoms with Gasteiger partial charge in [-0.05, 0) is 50.2 Å². The second kappa shape index (κ2) is 9.82. The fourth-order valence-corrected chi connectivity index (χ4v) is 2.81. The van der Waals surface area contributed by atoms with E-state index in [-0.39, 0.29) is 18.0 Å². The van der Waals surface area contributed by atoms with Gasteiger partial charge in [-0.15, -0.1) is 0 Å². The van der Waals surface area contributed by atoms with Crippen molar-refractivity contribution in [3.63, 3.8) is 0 Å². The lowest BCUT2D eigenvalue weighted by atomic mass is 10.1. The molecule has 0 saturated carbocycles. The summed E-state index contributed by atoms with van der Waals surface area (Å²) in [7, 11) is 0. The molecule has 0 saturated heterocycles. The van der Waals surface area contributed by atoms with Crippen molar-refractivity contribution < 1.29 is 33.3 Å². The maximum atomic E-state index is 12.4. The summed E-state index contributed by atoms with van der Waals surface area (Å²) in [6.45, 7) is 5.34. The lowest BCUT2D eigenvalue weighted by Crippen LogP contribution is -2.14. The smallest absolute Gasteiger partial charge is 0.338 e. The van der Waals surface area contributed by atoms with Gasteiger partial charge in [0.15, 0.2) is 35.4 Å². The van der Waals surface area contributed by atoms with Crippen molar-refractivity contribution in [1.82, 2.24) is 0 Å². The Morgan fingerprint density at radius 3 is 2.31 bits per heavy atom. The number of carbonyl (C=O) groups is 2. The minimum atomic E-state index is -0.614. The standard InChI is InChI=1S/C22H24O7/c1-3-25-18-9-7-16(13-20(18)26-4-2)22(24)29-14-17(23)15-6-8-19-21(12-15)28-11-5-10-27-19/h6-9,12-13H,3-5,10-11,14H2,1-2H3. The summed E-state index contributed by atoms with van der Waals surface area (Å²) in [4.78, 5) is 24.8. The van der Waals surface area contributed by atoms with Gasteiger partial charge in [0.1, 0.15) is 0 Å². The van der Waals surface area contributed by atoms with E-state index in [0.29, 0.717) is 55.0 Å². The Labute approximate surface area is 169 Å². The summed E-state index contributed by atoms with van der Waals surface area (Å²) in [5.41, 5.74) is 0.673. The first kappa shape index (κ1) is 20.5. The number of esters is 1. The molecule has 0 amide bonds. The Morgan fingerprint density at radius 1 is 0.862 bits per heavy atom. The molecule has 154 valence electrons. The van der Waals surface area contributed by atoms with Crippen LogP contribution in [0.4, 0.5) is 0 Å². The third-order valence-electron chi connectivity index (χ3n) is 4.18. The number of fused-ring (bicyclic) bond motifs is 1. The lowest BCUT2D eigenvalue weighted by molar-refractivity contribution is 0.0474. The fraction of sp³-hybridized carbons (Fsp3) is 0.364. The van der Waals surface area contributed by atoms with Gasteiger partial charge < -0.3 is 23.7 Å². The average Bonchev–Trinajstić information content (AvgIpc) is 2.98. The van der Waals surface area contributed by atoms with E-state index in [4.69, 9.17) is 23.7 Å². The average molecular weight is 400 g/mol. The van der Waals surface area contributed by atoms with Crippen LogP contribution in [0.1, 0.15) is 41.0 Å². The molecule has 3 rings (SSSR count). The van der Waals surface area contributed by atoms with Crippen LogP contribution in [-0.4, -0.2) is 44.8 Å². The Balaban J connectivity index is 1.65. The van der Waals surface area contributed by atoms with Crippen LogP contribution in [0.3, 0.4) is 0 Å². The molecule has 0 bridgehead atoms. The van der Waals surface area contributed by atoms with Gasteiger partial charge in [-0.3, -0.25) is 4.79 Å². The molecule has 29 heavy (non-hydrogen) atoms. The summed E-state index contributed by atoms with van der Waals surface area (Å²) >= 11 is 0. The minimum absolute atomic E-state index is 0.281. The van der Waals surface area contributed by atoms with Crippen molar-refractivity contribution in [2.45, 2.75) is 20.3 Å². The third kappa shape index (κ3) is 5.19. The number of benzene rings is 2. The topological polar surface area (TPSA) is 80.3 Å². The van der Waals surface area contributed by atoms with E-state index in [9.17, 15) is 9.59 Å². The van der Waals surface area contributed by atoms with E-state index >= 15 is 0 Å². The minimum Gasteiger partial charge on any atom is -0.490 e. The van der Waals surface area contributed by atoms with Gasteiger partial charge in [-0.1, -0.05) is 0 Å². The molecule has 1 aliphatic rings. The van der Waals surface area contributed by atoms with Gasteiger partial charge in [-0.2, -0.15) is 0 Å². The number of Topliss-reactive ketones (excluding diaryl/α,β-unsaturated/α-hetero) is 1. The number of carbonyl (C=O) groups excluding carboxylic acids is 2. The fourth-order valence-electron chi connectivity index (χ4n) is 2.81. The van der Waals surface area contributed by atoms with Crippen LogP contribution in [0.15, 0.2) is 36.4 Å². The lowest BCUT2D eigenvalue weighted by Gasteiger charge is -2.12. The highest BCUT2D eigenvalue weighted by molar-refractivity contribution is 6.00. The molecule has 0 aromatic heterocycles. The van der Waals surface area contributed by atoms with Gasteiger partial charge in [0.25, 0.3) is 0 Å². The van der Waals surface area contributed by atoms with Crippen LogP contribution in [0.5, 0.6) is 23.0 Å². The van der Waals surface area contributed by atoms with Crippen molar-refractivity contribution in [3.8, 4) is 23.0 Å². The summed E-state index contributed by atoms with van der Waals surface area (Å²) in [5, 5.41) is 0. The van der Waals surface area contributed by atoms with Gasteiger partial charge in [-0.25, -0.2) is 4.79 Å². The van der Waals surface area contributed by atoms with Crippen molar-refractivity contribution >= 4 is 11.8 Å². The first-order valence-electron chi connectivity index (χ1n) is 9.62. The number of hydrogen-bond donors (Lipinski definition) is 0. The van der Waals surface area contributed by atoms with Crippen molar-refractivity contribution in [1.29, 1.82) is 0 Å². The van der Waals surface area contributed by atoms with Crippen molar-refractivity contribution in [2.24, 2.45) is 0 Å². The van der Waals surface area contributed by atoms with Crippen LogP contribution < -0.4 is 18.9 Å². The predicted molar refractivity (Wildman–Crippen MR) is 105 cm³/mol. The van der Waals surface area contributed by atoms with Crippen LogP contribution in [0, 0.1) is 0 Å². The number of rotatable bonds is 8. The Kier molecular flexibility index (Phi) is 6.94. The van der Waals surface area contributed by atoms with E-state index in [0.717, 1.165) is 6.42 Å². The summed E-state index contributed by atoms with van der Waals surface area (Å²) in [6, 6.07) is 9.71. The van der Waals surface area contributed by atoms with Gasteiger partial charge in [0.2, 0.25) is 0 Å². The monoisotopic (exact) mass is 400 g/mol. The van der Waals surface area contributed by atoms with Gasteiger partial charge in [0.05, 0.1) is 32.0 Å². The molecule has 1 heterocycles. The van der Waals surface area contributed by atoms with Crippen LogP contribution in [0.2, 0.25) is 0 Å². The maximum Gasteiger partial charge on any atom is 0.338 e. The molecule has 0 unspecified atom stereocenters. The molecule has 0 aliphatic carbocycles. The Bertz CT molecular complexity index is 875. The molecule has 0 atom stereocenters. The zero-order valence-electron chi connectivity index (χ0n) is 16.6. The van der Waals surface area contributed by atoms with Crippen LogP contribution in [0.25, 0.3) is 0 Å². The molecule has 7 heteroatoms. The quantitative estimate of drug-likeness (QED) is 0.494. The molecule has 0 N–H and O–H groups in total. The predicted octanol–water partition coefficient (Wildman–Crippen LogP) is 3.69. The number of ketones is 1. The molecule has 7 nitrogen and oxygen atoms in total. The second-order valence-corrected chi connectivity index (χ2v) is 6.24. The summed E-state index contributed by atoms with van der Waals surface area (Å²) in [6.07, 6.45) is 0.779. The zero-order valence-corrected chi connectivity index (χ0v) is 16.6. The second-order valence-electron chi connectivity index (χ2n) is 6.24. The molecular formula is C22H24O7. The molecule has 1 aliphatic heterocycles. The first-order valence-corrected chi connectivity index (χ1v) is 9.62. The number of ether oxygens (including phenoxy) is 5. The number of hydrogen-bond acceptors (Lipinski definition) is 7. The SMILES string of the molecule is CCOc1ccc(C(=O)OCC(=O)c2ccc3c(c2)OCCCO3)cc1OCC. The highest BCUT2D eigenvalue weighted by Crippen LogP contribution is 2.31. The van der Waals surface area contributed by atoms with E-state index in [1.54, 1.807) is 36.4 Å². The summed E-state index contributed by atoms with van der Waals surface area (Å²) in [5.74, 6) is 1.19. The van der Waals surface area contributed by atoms with Crippen molar-refractivity contribution in [3.05, 3.63) is 47.5 Å². The molecule has 2 aromatic carbocycles. The highest BCUT2D eigenvalue weighted by atomic mass is 16.5. The van der Waals surface area contributed by atoms with Crippen molar-refractivity contribution in [2.75, 3.05) is 33.0 Å². The molecular weight excluding hydrogens is 376 g/mol. The Morgan fingerprint density at radius 2 is 1.55 bits per heavy atom. The van der Waals surface area contributed by atoms with Crippen LogP contribution in [-0.2, 0) is 4.74 Å². The molecule has 0 radical (unpaired) electrons. The van der Waals surface area contributed by atoms with E-state index < -0.39 is 5.97 Å². The van der Waals surface area contributed by atoms with E-state index in [1.165, 1.54) is 0 Å². The molecule has 0 spiro atoms. The van der Waals surface area contributed by atoms with E-state index in [1.807, 2.05) is 13.8 Å². The first-order chi connectivity index (χ1) is 14.1. The van der Waals surface area contributed by atoms with Crippen LogP contribution >= 0.6 is 0 Å². The van der Waals surface area contributed by atoms with Gasteiger partial charge in [0, 0.05) is 12.0 Å². The molecule has 2 aromatic rings. The highest BCUT2D eigenvalue weighted by Gasteiger charge is 2.17. The largest absolute Gasteiger partial charge is 0.490 e. The maximum absolute atomic E-state index is 12.4. The third-order valence-corrected chi connectivity index (χ3v) is 4.18.